The van der Waals surface area contributed by atoms with Crippen LogP contribution in [0, 0.1) is 5.41 Å². The molecule has 5 heteroatoms. The Kier molecular flexibility index (Phi) is 4.50. The van der Waals surface area contributed by atoms with Crippen LogP contribution in [0.1, 0.15) is 33.1 Å². The zero-order valence-electron chi connectivity index (χ0n) is 9.58. The Labute approximate surface area is 90.9 Å². The number of hydrogen-bond donors (Lipinski definition) is 2. The molecule has 5 nitrogen and oxygen atoms in total. The fourth-order valence-electron chi connectivity index (χ4n) is 2.10. The Morgan fingerprint density at radius 1 is 1.60 bits per heavy atom. The van der Waals surface area contributed by atoms with Crippen LogP contribution in [-0.2, 0) is 9.63 Å². The van der Waals surface area contributed by atoms with Crippen LogP contribution in [0.25, 0.3) is 0 Å². The highest BCUT2D eigenvalue weighted by Gasteiger charge is 2.26. The molecule has 1 saturated heterocycles. The van der Waals surface area contributed by atoms with E-state index in [9.17, 15) is 4.79 Å². The lowest BCUT2D eigenvalue weighted by molar-refractivity contribution is -0.151. The van der Waals surface area contributed by atoms with E-state index in [1.54, 1.807) is 0 Å². The van der Waals surface area contributed by atoms with Gasteiger partial charge in [0.2, 0.25) is 0 Å². The van der Waals surface area contributed by atoms with Crippen molar-refractivity contribution in [3.8, 4) is 0 Å². The minimum atomic E-state index is -0.305. The largest absolute Gasteiger partial charge is 0.356 e. The number of nitrogens with one attached hydrogen (secondary N) is 1. The summed E-state index contributed by atoms with van der Waals surface area (Å²) in [5.74, 6) is 4.57. The molecule has 0 aromatic heterocycles. The predicted molar refractivity (Wildman–Crippen MR) is 57.5 cm³/mol. The number of likely N-dealkylation sites (tertiary alicyclic amines) is 1. The van der Waals surface area contributed by atoms with E-state index in [0.717, 1.165) is 19.6 Å². The van der Waals surface area contributed by atoms with Gasteiger partial charge in [0, 0.05) is 13.1 Å². The topological polar surface area (TPSA) is 67.6 Å². The summed E-state index contributed by atoms with van der Waals surface area (Å²) >= 11 is 0. The normalized spacial score (nSPS) is 21.3. The van der Waals surface area contributed by atoms with Crippen molar-refractivity contribution < 1.29 is 9.63 Å². The van der Waals surface area contributed by atoms with E-state index in [1.165, 1.54) is 12.8 Å². The van der Waals surface area contributed by atoms with Crippen LogP contribution < -0.4 is 11.4 Å². The number of piperidine rings is 1. The minimum Gasteiger partial charge on any atom is -0.356 e. The molecule has 0 atom stereocenters. The fourth-order valence-corrected chi connectivity index (χ4v) is 2.10. The van der Waals surface area contributed by atoms with Gasteiger partial charge in [-0.25, -0.2) is 5.84 Å². The van der Waals surface area contributed by atoms with Crippen LogP contribution in [-0.4, -0.2) is 30.5 Å². The molecule has 88 valence electrons. The van der Waals surface area contributed by atoms with E-state index in [2.05, 4.69) is 23.6 Å². The molecule has 0 amide bonds. The maximum Gasteiger partial charge on any atom is 0.327 e. The number of nitrogens with zero attached hydrogens (tertiary/aromatic N) is 1. The van der Waals surface area contributed by atoms with Crippen LogP contribution in [0.3, 0.4) is 0 Å². The molecule has 1 heterocycles. The first kappa shape index (κ1) is 12.4. The van der Waals surface area contributed by atoms with Gasteiger partial charge in [0.1, 0.15) is 0 Å². The summed E-state index contributed by atoms with van der Waals surface area (Å²) in [5.41, 5.74) is 2.27. The van der Waals surface area contributed by atoms with Crippen LogP contribution in [0.5, 0.6) is 0 Å². The van der Waals surface area contributed by atoms with E-state index in [4.69, 9.17) is 5.84 Å². The van der Waals surface area contributed by atoms with Gasteiger partial charge in [-0.2, -0.15) is 0 Å². The molecule has 15 heavy (non-hydrogen) atoms. The molecule has 0 saturated carbocycles. The Bertz CT molecular complexity index is 219. The first-order valence-electron chi connectivity index (χ1n) is 5.41. The molecule has 0 radical (unpaired) electrons. The predicted octanol–water partition coefficient (Wildman–Crippen LogP) is 0.420. The van der Waals surface area contributed by atoms with E-state index < -0.39 is 0 Å². The first-order valence-corrected chi connectivity index (χ1v) is 5.41. The Hall–Kier alpha value is -0.650. The van der Waals surface area contributed by atoms with Crippen molar-refractivity contribution in [3.05, 3.63) is 0 Å². The fraction of sp³-hybridized carbons (Fsp3) is 0.900. The maximum atomic E-state index is 11.1. The summed E-state index contributed by atoms with van der Waals surface area (Å²) < 4.78 is 0. The van der Waals surface area contributed by atoms with Gasteiger partial charge in [0.25, 0.3) is 0 Å². The number of carbonyl (C=O) groups is 1. The summed E-state index contributed by atoms with van der Waals surface area (Å²) in [4.78, 5) is 17.8. The van der Waals surface area contributed by atoms with Crippen LogP contribution in [0.2, 0.25) is 0 Å². The second-order valence-electron chi connectivity index (χ2n) is 4.89. The molecular formula is C10H21N3O2. The van der Waals surface area contributed by atoms with Gasteiger partial charge in [-0.15, -0.1) is 0 Å². The van der Waals surface area contributed by atoms with Crippen molar-refractivity contribution in [1.82, 2.24) is 10.5 Å². The molecule has 0 aromatic rings. The number of hydrogen-bond acceptors (Lipinski definition) is 5. The lowest BCUT2D eigenvalue weighted by Gasteiger charge is -2.37. The minimum absolute atomic E-state index is 0.305. The number of carbonyl (C=O) groups excluding carboxylic acids is 1. The molecule has 0 bridgehead atoms. The van der Waals surface area contributed by atoms with Crippen LogP contribution in [0.15, 0.2) is 0 Å². The lowest BCUT2D eigenvalue weighted by atomic mass is 9.84. The third-order valence-electron chi connectivity index (χ3n) is 2.78. The van der Waals surface area contributed by atoms with Gasteiger partial charge >= 0.3 is 5.97 Å². The van der Waals surface area contributed by atoms with Crippen molar-refractivity contribution in [2.75, 3.05) is 19.6 Å². The number of nitrogens with two attached hydrogens (primary N) is 1. The molecule has 0 aliphatic carbocycles. The molecule has 1 aliphatic rings. The average Bonchev–Trinajstić information content (AvgIpc) is 2.14. The molecule has 1 fully saturated rings. The van der Waals surface area contributed by atoms with E-state index in [-0.39, 0.29) is 5.97 Å². The number of hydrazine groups is 1. The third kappa shape index (κ3) is 4.59. The lowest BCUT2D eigenvalue weighted by Crippen LogP contribution is -2.41. The molecule has 0 aromatic carbocycles. The second kappa shape index (κ2) is 5.44. The highest BCUT2D eigenvalue weighted by atomic mass is 16.7. The molecule has 0 unspecified atom stereocenters. The summed E-state index contributed by atoms with van der Waals surface area (Å²) in [6, 6.07) is 0. The summed E-state index contributed by atoms with van der Waals surface area (Å²) in [5, 5.41) is 0. The molecule has 3 N–H and O–H groups in total. The smallest absolute Gasteiger partial charge is 0.327 e. The van der Waals surface area contributed by atoms with Gasteiger partial charge in [0.05, 0.1) is 6.42 Å². The van der Waals surface area contributed by atoms with Crippen molar-refractivity contribution in [1.29, 1.82) is 0 Å². The van der Waals surface area contributed by atoms with Crippen molar-refractivity contribution in [2.24, 2.45) is 11.3 Å². The zero-order chi connectivity index (χ0) is 11.3. The quantitative estimate of drug-likeness (QED) is 0.525. The monoisotopic (exact) mass is 215 g/mol. The average molecular weight is 215 g/mol. The van der Waals surface area contributed by atoms with Gasteiger partial charge in [-0.05, 0) is 24.8 Å². The highest BCUT2D eigenvalue weighted by molar-refractivity contribution is 5.69. The SMILES string of the molecule is CC1(C)CCCN(CCC(=O)ONN)C1. The Balaban J connectivity index is 2.24. The molecule has 0 spiro atoms. The van der Waals surface area contributed by atoms with Crippen molar-refractivity contribution >= 4 is 5.97 Å². The second-order valence-corrected chi connectivity index (χ2v) is 4.89. The number of rotatable bonds is 4. The van der Waals surface area contributed by atoms with Crippen LogP contribution >= 0.6 is 0 Å². The molecule has 1 rings (SSSR count). The summed E-state index contributed by atoms with van der Waals surface area (Å²) in [7, 11) is 0. The third-order valence-corrected chi connectivity index (χ3v) is 2.78. The van der Waals surface area contributed by atoms with Crippen molar-refractivity contribution in [2.45, 2.75) is 33.1 Å². The van der Waals surface area contributed by atoms with E-state index in [1.807, 2.05) is 5.59 Å². The zero-order valence-corrected chi connectivity index (χ0v) is 9.58. The van der Waals surface area contributed by atoms with E-state index >= 15 is 0 Å². The first-order chi connectivity index (χ1) is 7.03. The Morgan fingerprint density at radius 2 is 2.33 bits per heavy atom. The molecule has 1 aliphatic heterocycles. The van der Waals surface area contributed by atoms with Crippen LogP contribution in [0.4, 0.5) is 0 Å². The Morgan fingerprint density at radius 3 is 2.93 bits per heavy atom. The maximum absolute atomic E-state index is 11.1. The summed E-state index contributed by atoms with van der Waals surface area (Å²) in [6.07, 6.45) is 2.86. The summed E-state index contributed by atoms with van der Waals surface area (Å²) in [6.45, 7) is 7.41. The van der Waals surface area contributed by atoms with Gasteiger partial charge in [-0.1, -0.05) is 19.4 Å². The highest BCUT2D eigenvalue weighted by Crippen LogP contribution is 2.28. The van der Waals surface area contributed by atoms with Crippen molar-refractivity contribution in [3.63, 3.8) is 0 Å². The van der Waals surface area contributed by atoms with Gasteiger partial charge < -0.3 is 9.74 Å². The van der Waals surface area contributed by atoms with Gasteiger partial charge in [-0.3, -0.25) is 4.79 Å². The molecular weight excluding hydrogens is 194 g/mol. The van der Waals surface area contributed by atoms with E-state index in [0.29, 0.717) is 11.8 Å². The van der Waals surface area contributed by atoms with Gasteiger partial charge in [0.15, 0.2) is 0 Å². The standard InChI is InChI=1S/C10H21N3O2/c1-10(2)5-3-6-13(8-10)7-4-9(14)15-12-11/h12H,3-8,11H2,1-2H3.